The van der Waals surface area contributed by atoms with Crippen LogP contribution in [0.1, 0.15) is 5.56 Å². The number of nitrogens with zero attached hydrogens (tertiary/aromatic N) is 1. The third kappa shape index (κ3) is 2.48. The van der Waals surface area contributed by atoms with E-state index in [1.54, 1.807) is 0 Å². The van der Waals surface area contributed by atoms with Crippen LogP contribution in [-0.2, 0) is 6.54 Å². The van der Waals surface area contributed by atoms with Crippen molar-refractivity contribution >= 4 is 11.6 Å². The van der Waals surface area contributed by atoms with Crippen LogP contribution in [0.2, 0.25) is 5.02 Å². The van der Waals surface area contributed by atoms with E-state index in [0.29, 0.717) is 0 Å². The van der Waals surface area contributed by atoms with Crippen molar-refractivity contribution in [1.29, 1.82) is 0 Å². The minimum Gasteiger partial charge on any atom is -0.314 e. The molecule has 2 heterocycles. The van der Waals surface area contributed by atoms with Gasteiger partial charge in [0.1, 0.15) is 0 Å². The van der Waals surface area contributed by atoms with Gasteiger partial charge in [0, 0.05) is 43.8 Å². The molecule has 2 unspecified atom stereocenters. The minimum atomic E-state index is 0.831. The van der Waals surface area contributed by atoms with Gasteiger partial charge in [-0.05, 0) is 42.0 Å². The Morgan fingerprint density at radius 1 is 1.25 bits per heavy atom. The van der Waals surface area contributed by atoms with Crippen LogP contribution >= 0.6 is 11.6 Å². The van der Waals surface area contributed by atoms with Crippen LogP contribution in [-0.4, -0.2) is 43.7 Å². The highest BCUT2D eigenvalue weighted by Crippen LogP contribution is 2.51. The van der Waals surface area contributed by atoms with Crippen LogP contribution in [0.4, 0.5) is 0 Å². The topological polar surface area (TPSA) is 27.3 Å². The first kappa shape index (κ1) is 13.1. The molecule has 0 aromatic heterocycles. The van der Waals surface area contributed by atoms with Crippen molar-refractivity contribution in [2.75, 3.05) is 32.7 Å². The molecule has 4 heteroatoms. The minimum absolute atomic E-state index is 0.831. The van der Waals surface area contributed by atoms with Crippen molar-refractivity contribution in [1.82, 2.24) is 15.5 Å². The molecule has 20 heavy (non-hydrogen) atoms. The summed E-state index contributed by atoms with van der Waals surface area (Å²) in [5.41, 5.74) is 1.28. The molecular weight excluding hydrogens is 270 g/mol. The summed E-state index contributed by atoms with van der Waals surface area (Å²) in [4.78, 5) is 2.69. The molecule has 0 amide bonds. The predicted molar refractivity (Wildman–Crippen MR) is 81.9 cm³/mol. The molecule has 4 rings (SSSR count). The molecule has 2 atom stereocenters. The zero-order chi connectivity index (χ0) is 13.5. The second-order valence-electron chi connectivity index (χ2n) is 6.52. The van der Waals surface area contributed by atoms with E-state index in [-0.39, 0.29) is 0 Å². The van der Waals surface area contributed by atoms with Gasteiger partial charge < -0.3 is 10.6 Å². The van der Waals surface area contributed by atoms with Crippen molar-refractivity contribution in [2.24, 2.45) is 17.8 Å². The van der Waals surface area contributed by atoms with Gasteiger partial charge in [-0.15, -0.1) is 0 Å². The molecule has 1 aliphatic carbocycles. The summed E-state index contributed by atoms with van der Waals surface area (Å²) in [6.45, 7) is 7.18. The zero-order valence-corrected chi connectivity index (χ0v) is 12.4. The molecule has 0 spiro atoms. The lowest BCUT2D eigenvalue weighted by atomic mass is 10.1. The first-order chi connectivity index (χ1) is 9.81. The fourth-order valence-corrected chi connectivity index (χ4v) is 4.06. The normalized spacial score (nSPS) is 33.0. The lowest BCUT2D eigenvalue weighted by molar-refractivity contribution is 0.154. The molecule has 3 aliphatic rings. The average Bonchev–Trinajstić information content (AvgIpc) is 2.81. The Labute approximate surface area is 125 Å². The number of hydrogen-bond donors (Lipinski definition) is 2. The highest BCUT2D eigenvalue weighted by atomic mass is 35.5. The molecule has 1 saturated carbocycles. The van der Waals surface area contributed by atoms with Crippen molar-refractivity contribution in [3.05, 3.63) is 34.9 Å². The summed E-state index contributed by atoms with van der Waals surface area (Å²) in [5, 5.41) is 7.80. The van der Waals surface area contributed by atoms with E-state index < -0.39 is 0 Å². The monoisotopic (exact) mass is 291 g/mol. The van der Waals surface area contributed by atoms with Crippen molar-refractivity contribution < 1.29 is 0 Å². The first-order valence-electron chi connectivity index (χ1n) is 7.71. The Hall–Kier alpha value is -0.610. The van der Waals surface area contributed by atoms with Gasteiger partial charge in [0.2, 0.25) is 0 Å². The maximum atomic E-state index is 6.00. The van der Waals surface area contributed by atoms with E-state index in [0.717, 1.165) is 35.4 Å². The quantitative estimate of drug-likeness (QED) is 0.863. The molecule has 3 nitrogen and oxygen atoms in total. The van der Waals surface area contributed by atoms with Crippen molar-refractivity contribution in [3.63, 3.8) is 0 Å². The predicted octanol–water partition coefficient (Wildman–Crippen LogP) is 1.58. The summed E-state index contributed by atoms with van der Waals surface area (Å²) in [6, 6.07) is 8.98. The van der Waals surface area contributed by atoms with Crippen LogP contribution in [0.3, 0.4) is 0 Å². The van der Waals surface area contributed by atoms with E-state index in [1.165, 1.54) is 38.3 Å². The fraction of sp³-hybridized carbons (Fsp3) is 0.625. The van der Waals surface area contributed by atoms with Crippen LogP contribution in [0.5, 0.6) is 0 Å². The van der Waals surface area contributed by atoms with E-state index in [2.05, 4.69) is 21.6 Å². The Morgan fingerprint density at radius 2 is 2.05 bits per heavy atom. The third-order valence-corrected chi connectivity index (χ3v) is 5.51. The van der Waals surface area contributed by atoms with Gasteiger partial charge in [0.05, 0.1) is 0 Å². The molecule has 2 N–H and O–H groups in total. The third-order valence-electron chi connectivity index (χ3n) is 5.27. The molecular formula is C16H22ClN3. The molecule has 0 bridgehead atoms. The smallest absolute Gasteiger partial charge is 0.0409 e. The number of fused-ring (bicyclic) bond motifs is 1. The highest BCUT2D eigenvalue weighted by Gasteiger charge is 2.56. The zero-order valence-electron chi connectivity index (χ0n) is 11.7. The van der Waals surface area contributed by atoms with Crippen LogP contribution in [0.25, 0.3) is 0 Å². The molecule has 0 radical (unpaired) electrons. The fourth-order valence-electron chi connectivity index (χ4n) is 3.84. The van der Waals surface area contributed by atoms with Crippen molar-refractivity contribution in [3.8, 4) is 0 Å². The van der Waals surface area contributed by atoms with Crippen LogP contribution < -0.4 is 10.6 Å². The second-order valence-corrected chi connectivity index (χ2v) is 6.95. The Kier molecular flexibility index (Phi) is 3.47. The van der Waals surface area contributed by atoms with Crippen LogP contribution in [0.15, 0.2) is 24.3 Å². The summed E-state index contributed by atoms with van der Waals surface area (Å²) in [7, 11) is 0. The Bertz CT molecular complexity index is 476. The van der Waals surface area contributed by atoms with Gasteiger partial charge in [0.25, 0.3) is 0 Å². The Balaban J connectivity index is 1.20. The standard InChI is InChI=1S/C16H22ClN3/c17-12-3-1-2-11(4-12)5-18-8-14-15-9-20(10-16(14)15)13-6-19-7-13/h1-4,13-16,18-19H,5-10H2. The molecule has 2 aliphatic heterocycles. The number of piperidine rings is 1. The largest absolute Gasteiger partial charge is 0.314 e. The van der Waals surface area contributed by atoms with E-state index in [9.17, 15) is 0 Å². The number of rotatable bonds is 5. The highest BCUT2D eigenvalue weighted by molar-refractivity contribution is 6.30. The lowest BCUT2D eigenvalue weighted by Gasteiger charge is -2.36. The summed E-state index contributed by atoms with van der Waals surface area (Å²) in [6.07, 6.45) is 0. The van der Waals surface area contributed by atoms with Gasteiger partial charge in [-0.25, -0.2) is 0 Å². The SMILES string of the molecule is Clc1cccc(CNCC2C3CN(C4CNC4)CC23)c1. The van der Waals surface area contributed by atoms with E-state index in [4.69, 9.17) is 11.6 Å². The number of hydrogen-bond acceptors (Lipinski definition) is 3. The first-order valence-corrected chi connectivity index (χ1v) is 8.09. The van der Waals surface area contributed by atoms with E-state index in [1.807, 2.05) is 18.2 Å². The maximum Gasteiger partial charge on any atom is 0.0409 e. The van der Waals surface area contributed by atoms with Gasteiger partial charge in [-0.2, -0.15) is 0 Å². The van der Waals surface area contributed by atoms with Gasteiger partial charge in [-0.3, -0.25) is 4.90 Å². The summed E-state index contributed by atoms with van der Waals surface area (Å²) in [5.74, 6) is 2.84. The van der Waals surface area contributed by atoms with Gasteiger partial charge in [0.15, 0.2) is 0 Å². The second kappa shape index (κ2) is 5.30. The van der Waals surface area contributed by atoms with Gasteiger partial charge >= 0.3 is 0 Å². The molecule has 108 valence electrons. The molecule has 2 saturated heterocycles. The number of likely N-dealkylation sites (tertiary alicyclic amines) is 1. The molecule has 1 aromatic carbocycles. The van der Waals surface area contributed by atoms with Gasteiger partial charge in [-0.1, -0.05) is 23.7 Å². The van der Waals surface area contributed by atoms with E-state index >= 15 is 0 Å². The summed E-state index contributed by atoms with van der Waals surface area (Å²) < 4.78 is 0. The maximum absolute atomic E-state index is 6.00. The van der Waals surface area contributed by atoms with Crippen LogP contribution in [0, 0.1) is 17.8 Å². The number of nitrogens with one attached hydrogen (secondary N) is 2. The lowest BCUT2D eigenvalue weighted by Crippen LogP contribution is -2.57. The average molecular weight is 292 g/mol. The number of benzene rings is 1. The Morgan fingerprint density at radius 3 is 2.70 bits per heavy atom. The van der Waals surface area contributed by atoms with Crippen molar-refractivity contribution in [2.45, 2.75) is 12.6 Å². The summed E-state index contributed by atoms with van der Waals surface area (Å²) >= 11 is 6.00. The number of halogens is 1. The molecule has 3 fully saturated rings. The molecule has 1 aromatic rings.